The van der Waals surface area contributed by atoms with Crippen molar-refractivity contribution in [3.63, 3.8) is 0 Å². The monoisotopic (exact) mass is 269 g/mol. The van der Waals surface area contributed by atoms with Crippen LogP contribution in [0.1, 0.15) is 37.9 Å². The molecule has 4 nitrogen and oxygen atoms in total. The second kappa shape index (κ2) is 4.33. The van der Waals surface area contributed by atoms with Crippen molar-refractivity contribution in [2.75, 3.05) is 0 Å². The molecule has 18 heavy (non-hydrogen) atoms. The molecule has 0 aromatic heterocycles. The van der Waals surface area contributed by atoms with Gasteiger partial charge in [0.2, 0.25) is 10.0 Å². The normalized spacial score (nSPS) is 24.0. The highest BCUT2D eigenvalue weighted by atomic mass is 32.2. The highest BCUT2D eigenvalue weighted by molar-refractivity contribution is 7.90. The molecule has 1 aliphatic rings. The largest absolute Gasteiger partial charge is 0.391 e. The Morgan fingerprint density at radius 3 is 2.50 bits per heavy atom. The molecular formula is C13H19NO3S. The predicted octanol–water partition coefficient (Wildman–Crippen LogP) is 1.36. The van der Waals surface area contributed by atoms with E-state index in [1.807, 2.05) is 24.3 Å². The molecule has 1 aromatic carbocycles. The van der Waals surface area contributed by atoms with E-state index in [0.717, 1.165) is 11.1 Å². The summed E-state index contributed by atoms with van der Waals surface area (Å²) < 4.78 is 26.0. The average Bonchev–Trinajstić information content (AvgIpc) is 2.54. The molecular weight excluding hydrogens is 250 g/mol. The Hall–Kier alpha value is -0.910. The Balaban J connectivity index is 2.31. The number of hydrogen-bond acceptors (Lipinski definition) is 3. The third-order valence-electron chi connectivity index (χ3n) is 3.29. The van der Waals surface area contributed by atoms with Crippen LogP contribution in [0.15, 0.2) is 24.3 Å². The zero-order valence-corrected chi connectivity index (χ0v) is 11.7. The first-order valence-electron chi connectivity index (χ1n) is 6.00. The van der Waals surface area contributed by atoms with Gasteiger partial charge in [0.15, 0.2) is 0 Å². The van der Waals surface area contributed by atoms with Gasteiger partial charge in [0.25, 0.3) is 0 Å². The van der Waals surface area contributed by atoms with E-state index in [-0.39, 0.29) is 0 Å². The second-order valence-electron chi connectivity index (χ2n) is 5.68. The van der Waals surface area contributed by atoms with Crippen LogP contribution in [-0.2, 0) is 16.4 Å². The first-order valence-corrected chi connectivity index (χ1v) is 7.48. The molecule has 1 aromatic rings. The first-order chi connectivity index (χ1) is 8.22. The number of hydrogen-bond donors (Lipinski definition) is 2. The maximum absolute atomic E-state index is 12.1. The van der Waals surface area contributed by atoms with Crippen molar-refractivity contribution in [1.82, 2.24) is 4.72 Å². The predicted molar refractivity (Wildman–Crippen MR) is 70.7 cm³/mol. The molecule has 1 aliphatic carbocycles. The SMILES string of the molecule is CC(C)(C)S(=O)(=O)NC1c2ccccc2CC1O. The zero-order chi connectivity index (χ0) is 13.6. The molecule has 2 atom stereocenters. The van der Waals surface area contributed by atoms with Crippen molar-refractivity contribution >= 4 is 10.0 Å². The van der Waals surface area contributed by atoms with Crippen molar-refractivity contribution < 1.29 is 13.5 Å². The van der Waals surface area contributed by atoms with Crippen molar-refractivity contribution in [3.8, 4) is 0 Å². The Kier molecular flexibility index (Phi) is 3.25. The molecule has 0 amide bonds. The lowest BCUT2D eigenvalue weighted by molar-refractivity contribution is 0.151. The fourth-order valence-corrected chi connectivity index (χ4v) is 3.03. The minimum Gasteiger partial charge on any atom is -0.391 e. The molecule has 2 unspecified atom stereocenters. The van der Waals surface area contributed by atoms with E-state index in [4.69, 9.17) is 0 Å². The van der Waals surface area contributed by atoms with Crippen molar-refractivity contribution in [2.45, 2.75) is 44.1 Å². The van der Waals surface area contributed by atoms with Gasteiger partial charge in [-0.2, -0.15) is 0 Å². The van der Waals surface area contributed by atoms with Gasteiger partial charge >= 0.3 is 0 Å². The van der Waals surface area contributed by atoms with Gasteiger partial charge in [0, 0.05) is 6.42 Å². The maximum Gasteiger partial charge on any atom is 0.217 e. The van der Waals surface area contributed by atoms with Crippen LogP contribution >= 0.6 is 0 Å². The molecule has 0 fully saturated rings. The lowest BCUT2D eigenvalue weighted by Crippen LogP contribution is -2.43. The summed E-state index contributed by atoms with van der Waals surface area (Å²) >= 11 is 0. The molecule has 0 bridgehead atoms. The van der Waals surface area contributed by atoms with E-state index in [1.54, 1.807) is 20.8 Å². The van der Waals surface area contributed by atoms with Gasteiger partial charge in [-0.15, -0.1) is 0 Å². The standard InChI is InChI=1S/C13H19NO3S/c1-13(2,3)18(16,17)14-12-10-7-5-4-6-9(10)8-11(12)15/h4-7,11-12,14-15H,8H2,1-3H3. The molecule has 0 saturated carbocycles. The van der Waals surface area contributed by atoms with Crippen molar-refractivity contribution in [2.24, 2.45) is 0 Å². The summed E-state index contributed by atoms with van der Waals surface area (Å²) in [6.07, 6.45) is -0.201. The quantitative estimate of drug-likeness (QED) is 0.852. The summed E-state index contributed by atoms with van der Waals surface area (Å²) in [4.78, 5) is 0. The molecule has 0 heterocycles. The van der Waals surface area contributed by atoms with Gasteiger partial charge in [0.05, 0.1) is 16.9 Å². The Labute approximate surface area is 108 Å². The van der Waals surface area contributed by atoms with Crippen LogP contribution in [-0.4, -0.2) is 24.4 Å². The summed E-state index contributed by atoms with van der Waals surface area (Å²) in [6, 6.07) is 7.00. The highest BCUT2D eigenvalue weighted by Crippen LogP contribution is 2.32. The lowest BCUT2D eigenvalue weighted by Gasteiger charge is -2.25. The summed E-state index contributed by atoms with van der Waals surface area (Å²) in [6.45, 7) is 4.92. The van der Waals surface area contributed by atoms with Crippen LogP contribution in [0.25, 0.3) is 0 Å². The number of aliphatic hydroxyl groups excluding tert-OH is 1. The molecule has 2 rings (SSSR count). The second-order valence-corrected chi connectivity index (χ2v) is 8.15. The fraction of sp³-hybridized carbons (Fsp3) is 0.538. The summed E-state index contributed by atoms with van der Waals surface area (Å²) in [5.74, 6) is 0. The number of fused-ring (bicyclic) bond motifs is 1. The topological polar surface area (TPSA) is 66.4 Å². The number of rotatable bonds is 2. The lowest BCUT2D eigenvalue weighted by atomic mass is 10.1. The van der Waals surface area contributed by atoms with Crippen LogP contribution in [0.5, 0.6) is 0 Å². The van der Waals surface area contributed by atoms with E-state index in [9.17, 15) is 13.5 Å². The van der Waals surface area contributed by atoms with Crippen LogP contribution in [0.2, 0.25) is 0 Å². The van der Waals surface area contributed by atoms with E-state index in [0.29, 0.717) is 6.42 Å². The van der Waals surface area contributed by atoms with E-state index >= 15 is 0 Å². The van der Waals surface area contributed by atoms with Crippen LogP contribution in [0.3, 0.4) is 0 Å². The van der Waals surface area contributed by atoms with Gasteiger partial charge < -0.3 is 5.11 Å². The molecule has 0 aliphatic heterocycles. The minimum atomic E-state index is -3.47. The van der Waals surface area contributed by atoms with Gasteiger partial charge in [-0.3, -0.25) is 0 Å². The number of benzene rings is 1. The number of nitrogens with one attached hydrogen (secondary N) is 1. The third kappa shape index (κ3) is 2.30. The summed E-state index contributed by atoms with van der Waals surface area (Å²) in [5.41, 5.74) is 1.88. The number of sulfonamides is 1. The zero-order valence-electron chi connectivity index (χ0n) is 10.8. The van der Waals surface area contributed by atoms with Crippen LogP contribution < -0.4 is 4.72 Å². The highest BCUT2D eigenvalue weighted by Gasteiger charge is 2.38. The molecule has 0 spiro atoms. The molecule has 2 N–H and O–H groups in total. The minimum absolute atomic E-state index is 0.494. The average molecular weight is 269 g/mol. The van der Waals surface area contributed by atoms with Crippen LogP contribution in [0, 0.1) is 0 Å². The summed E-state index contributed by atoms with van der Waals surface area (Å²) in [7, 11) is -3.47. The molecule has 0 saturated heterocycles. The molecule has 100 valence electrons. The smallest absolute Gasteiger partial charge is 0.217 e. The Bertz CT molecular complexity index is 546. The Morgan fingerprint density at radius 2 is 1.89 bits per heavy atom. The van der Waals surface area contributed by atoms with Crippen molar-refractivity contribution in [3.05, 3.63) is 35.4 Å². The number of aliphatic hydroxyl groups is 1. The maximum atomic E-state index is 12.1. The third-order valence-corrected chi connectivity index (χ3v) is 5.47. The van der Waals surface area contributed by atoms with Gasteiger partial charge in [0.1, 0.15) is 0 Å². The van der Waals surface area contributed by atoms with E-state index in [1.165, 1.54) is 0 Å². The molecule has 5 heteroatoms. The fourth-order valence-electron chi connectivity index (χ4n) is 2.06. The van der Waals surface area contributed by atoms with Crippen LogP contribution in [0.4, 0.5) is 0 Å². The summed E-state index contributed by atoms with van der Waals surface area (Å²) in [5, 5.41) is 10.0. The van der Waals surface area contributed by atoms with Crippen molar-refractivity contribution in [1.29, 1.82) is 0 Å². The van der Waals surface area contributed by atoms with Gasteiger partial charge in [-0.05, 0) is 31.9 Å². The Morgan fingerprint density at radius 1 is 1.28 bits per heavy atom. The van der Waals surface area contributed by atoms with E-state index < -0.39 is 26.9 Å². The van der Waals surface area contributed by atoms with Gasteiger partial charge in [-0.25, -0.2) is 13.1 Å². The molecule has 0 radical (unpaired) electrons. The first kappa shape index (κ1) is 13.5. The van der Waals surface area contributed by atoms with E-state index in [2.05, 4.69) is 4.72 Å². The van der Waals surface area contributed by atoms with Gasteiger partial charge in [-0.1, -0.05) is 24.3 Å².